The van der Waals surface area contributed by atoms with Crippen LogP contribution in [-0.4, -0.2) is 24.2 Å². The summed E-state index contributed by atoms with van der Waals surface area (Å²) >= 11 is 0. The van der Waals surface area contributed by atoms with Crippen LogP contribution in [0.2, 0.25) is 0 Å². The lowest BCUT2D eigenvalue weighted by Crippen LogP contribution is -2.24. The summed E-state index contributed by atoms with van der Waals surface area (Å²) in [5.41, 5.74) is 1.75. The van der Waals surface area contributed by atoms with Gasteiger partial charge in [0, 0.05) is 29.9 Å². The molecule has 1 aliphatic rings. The van der Waals surface area contributed by atoms with Gasteiger partial charge in [-0.05, 0) is 18.6 Å². The maximum Gasteiger partial charge on any atom is 0.422 e. The zero-order valence-corrected chi connectivity index (χ0v) is 15.6. The molecule has 152 valence electrons. The van der Waals surface area contributed by atoms with Gasteiger partial charge in [0.1, 0.15) is 17.4 Å². The highest BCUT2D eigenvalue weighted by atomic mass is 19.4. The van der Waals surface area contributed by atoms with Gasteiger partial charge in [0.2, 0.25) is 0 Å². The average Bonchev–Trinajstić information content (AvgIpc) is 2.66. The quantitative estimate of drug-likeness (QED) is 0.549. The third-order valence-corrected chi connectivity index (χ3v) is 4.37. The number of benzene rings is 2. The molecule has 0 aromatic heterocycles. The van der Waals surface area contributed by atoms with Gasteiger partial charge in [-0.25, -0.2) is 8.78 Å². The molecular formula is C22H18F5NO. The van der Waals surface area contributed by atoms with Crippen LogP contribution in [0.15, 0.2) is 66.9 Å². The first kappa shape index (κ1) is 20.6. The smallest absolute Gasteiger partial charge is 0.422 e. The third-order valence-electron chi connectivity index (χ3n) is 4.37. The molecule has 7 heteroatoms. The lowest BCUT2D eigenvalue weighted by molar-refractivity contribution is -0.153. The van der Waals surface area contributed by atoms with Gasteiger partial charge in [0.15, 0.2) is 6.61 Å². The number of allylic oxidation sites excluding steroid dienone is 3. The second-order valence-corrected chi connectivity index (χ2v) is 6.36. The maximum absolute atomic E-state index is 14.9. The van der Waals surface area contributed by atoms with Gasteiger partial charge in [-0.2, -0.15) is 13.2 Å². The van der Waals surface area contributed by atoms with Crippen molar-refractivity contribution >= 4 is 11.3 Å². The molecule has 2 aromatic rings. The fourth-order valence-electron chi connectivity index (χ4n) is 3.14. The molecule has 0 amide bonds. The van der Waals surface area contributed by atoms with Gasteiger partial charge in [0.25, 0.3) is 0 Å². The third kappa shape index (κ3) is 4.50. The van der Waals surface area contributed by atoms with Crippen LogP contribution in [0, 0.1) is 11.6 Å². The second-order valence-electron chi connectivity index (χ2n) is 6.36. The van der Waals surface area contributed by atoms with Crippen LogP contribution in [-0.2, 0) is 0 Å². The Morgan fingerprint density at radius 2 is 1.62 bits per heavy atom. The van der Waals surface area contributed by atoms with E-state index >= 15 is 0 Å². The van der Waals surface area contributed by atoms with Crippen LogP contribution in [0.3, 0.4) is 0 Å². The molecular weight excluding hydrogens is 389 g/mol. The highest BCUT2D eigenvalue weighted by Gasteiger charge is 2.30. The fourth-order valence-corrected chi connectivity index (χ4v) is 3.14. The number of nitrogens with zero attached hydrogens (tertiary/aromatic N) is 1. The average molecular weight is 407 g/mol. The van der Waals surface area contributed by atoms with Crippen LogP contribution in [0.25, 0.3) is 11.3 Å². The van der Waals surface area contributed by atoms with Crippen LogP contribution >= 0.6 is 0 Å². The highest BCUT2D eigenvalue weighted by Crippen LogP contribution is 2.39. The summed E-state index contributed by atoms with van der Waals surface area (Å²) < 4.78 is 71.4. The number of hydrogen-bond donors (Lipinski definition) is 0. The topological polar surface area (TPSA) is 12.5 Å². The Morgan fingerprint density at radius 1 is 1.00 bits per heavy atom. The molecule has 0 aliphatic carbocycles. The summed E-state index contributed by atoms with van der Waals surface area (Å²) in [4.78, 5) is 1.65. The molecule has 2 nitrogen and oxygen atoms in total. The Kier molecular flexibility index (Phi) is 5.77. The van der Waals surface area contributed by atoms with Crippen molar-refractivity contribution in [3.05, 3.63) is 89.7 Å². The Hall–Kier alpha value is -3.09. The normalized spacial score (nSPS) is 14.6. The Bertz CT molecular complexity index is 953. The summed E-state index contributed by atoms with van der Waals surface area (Å²) in [6.07, 6.45) is -1.16. The molecule has 1 heterocycles. The van der Waals surface area contributed by atoms with E-state index in [1.54, 1.807) is 41.3 Å². The fraction of sp³-hybridized carbons (Fsp3) is 0.182. The summed E-state index contributed by atoms with van der Waals surface area (Å²) in [5, 5.41) is 0. The first-order valence-corrected chi connectivity index (χ1v) is 8.84. The lowest BCUT2D eigenvalue weighted by Gasteiger charge is -2.32. The van der Waals surface area contributed by atoms with Crippen LogP contribution in [0.5, 0.6) is 5.75 Å². The van der Waals surface area contributed by atoms with E-state index in [-0.39, 0.29) is 11.3 Å². The molecule has 0 unspecified atom stereocenters. The first-order chi connectivity index (χ1) is 13.7. The minimum Gasteiger partial charge on any atom is -0.484 e. The second kappa shape index (κ2) is 8.11. The van der Waals surface area contributed by atoms with Gasteiger partial charge < -0.3 is 9.64 Å². The molecule has 0 atom stereocenters. The molecule has 2 aromatic carbocycles. The minimum atomic E-state index is -4.61. The summed E-state index contributed by atoms with van der Waals surface area (Å²) in [7, 11) is 0. The van der Waals surface area contributed by atoms with Crippen LogP contribution < -0.4 is 4.74 Å². The van der Waals surface area contributed by atoms with Crippen molar-refractivity contribution in [2.75, 3.05) is 13.2 Å². The van der Waals surface area contributed by atoms with Gasteiger partial charge >= 0.3 is 6.18 Å². The molecule has 0 fully saturated rings. The lowest BCUT2D eigenvalue weighted by atomic mass is 9.94. The van der Waals surface area contributed by atoms with Crippen molar-refractivity contribution in [1.29, 1.82) is 0 Å². The van der Waals surface area contributed by atoms with E-state index in [0.29, 0.717) is 17.8 Å². The predicted molar refractivity (Wildman–Crippen MR) is 102 cm³/mol. The number of halogens is 5. The summed E-state index contributed by atoms with van der Waals surface area (Å²) in [5.74, 6) is -2.57. The maximum atomic E-state index is 14.9. The van der Waals surface area contributed by atoms with Crippen molar-refractivity contribution < 1.29 is 26.7 Å². The van der Waals surface area contributed by atoms with E-state index in [0.717, 1.165) is 17.7 Å². The van der Waals surface area contributed by atoms with Crippen LogP contribution in [0.4, 0.5) is 22.0 Å². The van der Waals surface area contributed by atoms with E-state index in [4.69, 9.17) is 0 Å². The van der Waals surface area contributed by atoms with Gasteiger partial charge in [-0.15, -0.1) is 0 Å². The SMILES string of the molecule is C=C1C=CC(c2ccccc2)=C(c2c(F)cc(OCC(F)(F)F)cc2F)N1CC. The van der Waals surface area contributed by atoms with E-state index < -0.39 is 30.2 Å². The van der Waals surface area contributed by atoms with Crippen molar-refractivity contribution in [3.8, 4) is 5.75 Å². The zero-order chi connectivity index (χ0) is 21.2. The standard InChI is InChI=1S/C22H18F5NO/c1-3-28-14(2)9-10-17(15-7-5-4-6-8-15)21(28)20-18(23)11-16(12-19(20)24)29-13-22(25,26)27/h4-12H,2-3,13H2,1H3. The molecule has 0 N–H and O–H groups in total. The van der Waals surface area contributed by atoms with E-state index in [9.17, 15) is 22.0 Å². The minimum absolute atomic E-state index is 0.253. The van der Waals surface area contributed by atoms with Crippen molar-refractivity contribution in [3.63, 3.8) is 0 Å². The predicted octanol–water partition coefficient (Wildman–Crippen LogP) is 6.18. The highest BCUT2D eigenvalue weighted by molar-refractivity contribution is 5.97. The summed E-state index contributed by atoms with van der Waals surface area (Å²) in [6.45, 7) is 4.48. The molecule has 3 rings (SSSR count). The Labute approximate surface area is 165 Å². The Balaban J connectivity index is 2.15. The van der Waals surface area contributed by atoms with E-state index in [2.05, 4.69) is 11.3 Å². The number of ether oxygens (including phenoxy) is 1. The largest absolute Gasteiger partial charge is 0.484 e. The Morgan fingerprint density at radius 3 is 2.17 bits per heavy atom. The van der Waals surface area contributed by atoms with Crippen LogP contribution in [0.1, 0.15) is 18.1 Å². The van der Waals surface area contributed by atoms with Gasteiger partial charge in [-0.3, -0.25) is 0 Å². The van der Waals surface area contributed by atoms with Gasteiger partial charge in [0.05, 0.1) is 11.3 Å². The monoisotopic (exact) mass is 407 g/mol. The summed E-state index contributed by atoms with van der Waals surface area (Å²) in [6, 6.07) is 10.5. The molecule has 29 heavy (non-hydrogen) atoms. The molecule has 1 aliphatic heterocycles. The van der Waals surface area contributed by atoms with Crippen molar-refractivity contribution in [1.82, 2.24) is 4.90 Å². The number of alkyl halides is 3. The number of rotatable bonds is 5. The molecule has 0 radical (unpaired) electrons. The van der Waals surface area contributed by atoms with Crippen molar-refractivity contribution in [2.45, 2.75) is 13.1 Å². The molecule has 0 spiro atoms. The molecule has 0 saturated carbocycles. The van der Waals surface area contributed by atoms with E-state index in [1.807, 2.05) is 13.0 Å². The number of likely N-dealkylation sites (N-methyl/N-ethyl adjacent to an activating group) is 1. The first-order valence-electron chi connectivity index (χ1n) is 8.84. The van der Waals surface area contributed by atoms with E-state index in [1.165, 1.54) is 0 Å². The molecule has 0 saturated heterocycles. The zero-order valence-electron chi connectivity index (χ0n) is 15.6. The molecule has 0 bridgehead atoms. The van der Waals surface area contributed by atoms with Crippen molar-refractivity contribution in [2.24, 2.45) is 0 Å². The van der Waals surface area contributed by atoms with Gasteiger partial charge in [-0.1, -0.05) is 43.0 Å². The number of hydrogen-bond acceptors (Lipinski definition) is 2.